The number of likely N-dealkylation sites (N-methyl/N-ethyl adjacent to an activating group) is 1. The fourth-order valence-corrected chi connectivity index (χ4v) is 7.82. The molecule has 5 rings (SSSR count). The molecule has 4 bridgehead atoms. The molecule has 20 nitrogen and oxygen atoms in total. The molecule has 0 saturated carbocycles. The molecule has 1 aliphatic heterocycles. The fraction of sp³-hybridized carbons (Fsp3) is 0.440. The van der Waals surface area contributed by atoms with Gasteiger partial charge in [-0.15, -0.1) is 0 Å². The number of carbonyl (C=O) groups excluding carboxylic acids is 5. The van der Waals surface area contributed by atoms with Crippen LogP contribution >= 0.6 is 0 Å². The summed E-state index contributed by atoms with van der Waals surface area (Å²) in [7, 11) is 1.37. The van der Waals surface area contributed by atoms with E-state index in [2.05, 4.69) is 52.0 Å². The summed E-state index contributed by atoms with van der Waals surface area (Å²) in [6.07, 6.45) is -2.25. The van der Waals surface area contributed by atoms with Crippen molar-refractivity contribution in [1.29, 1.82) is 5.26 Å². The van der Waals surface area contributed by atoms with Crippen molar-refractivity contribution >= 4 is 29.5 Å². The highest BCUT2D eigenvalue weighted by molar-refractivity contribution is 6.00. The maximum Gasteiger partial charge on any atom is 0.255 e. The molecule has 374 valence electrons. The molecule has 0 fully saturated rings. The monoisotopic (exact) mass is 963 g/mol. The molecule has 0 spiro atoms. The lowest BCUT2D eigenvalue weighted by Gasteiger charge is -2.32. The smallest absolute Gasteiger partial charge is 0.255 e. The van der Waals surface area contributed by atoms with Crippen LogP contribution in [0.25, 0.3) is 22.5 Å². The first-order valence-corrected chi connectivity index (χ1v) is 23.0. The van der Waals surface area contributed by atoms with E-state index in [0.29, 0.717) is 33.9 Å². The predicted molar refractivity (Wildman–Crippen MR) is 261 cm³/mol. The van der Waals surface area contributed by atoms with Gasteiger partial charge in [-0.3, -0.25) is 24.0 Å². The number of hydrogen-bond donors (Lipinski definition) is 9. The van der Waals surface area contributed by atoms with Crippen LogP contribution < -0.4 is 47.9 Å². The first-order chi connectivity index (χ1) is 33.2. The maximum atomic E-state index is 14.8. The molecule has 12 N–H and O–H groups in total. The summed E-state index contributed by atoms with van der Waals surface area (Å²) in [4.78, 5) is 81.3. The van der Waals surface area contributed by atoms with E-state index in [-0.39, 0.29) is 80.3 Å². The molecule has 3 aromatic carbocycles. The summed E-state index contributed by atoms with van der Waals surface area (Å²) >= 11 is 0. The fourth-order valence-electron chi connectivity index (χ4n) is 7.82. The van der Waals surface area contributed by atoms with Crippen molar-refractivity contribution in [1.82, 2.24) is 36.1 Å². The van der Waals surface area contributed by atoms with Gasteiger partial charge in [0.25, 0.3) is 5.91 Å². The first-order valence-electron chi connectivity index (χ1n) is 23.0. The number of rotatable bonds is 17. The highest BCUT2D eigenvalue weighted by Crippen LogP contribution is 2.40. The summed E-state index contributed by atoms with van der Waals surface area (Å²) in [5.74, 6) is -2.77. The molecule has 6 unspecified atom stereocenters. The van der Waals surface area contributed by atoms with E-state index in [1.807, 2.05) is 30.3 Å². The maximum absolute atomic E-state index is 14.8. The third-order valence-electron chi connectivity index (χ3n) is 11.8. The second kappa shape index (κ2) is 24.0. The van der Waals surface area contributed by atoms with Gasteiger partial charge in [0, 0.05) is 43.2 Å². The molecule has 1 aliphatic rings. The molecular formula is C50H65N11O9. The number of aromatic nitrogens is 2. The summed E-state index contributed by atoms with van der Waals surface area (Å²) in [6, 6.07) is 14.0. The Morgan fingerprint density at radius 3 is 2.03 bits per heavy atom. The predicted octanol–water partition coefficient (Wildman–Crippen LogP) is 0.954. The number of nitrogens with one attached hydrogen (secondary N) is 4. The zero-order chi connectivity index (χ0) is 51.4. The Bertz CT molecular complexity index is 2550. The molecule has 70 heavy (non-hydrogen) atoms. The van der Waals surface area contributed by atoms with Gasteiger partial charge >= 0.3 is 0 Å². The van der Waals surface area contributed by atoms with Crippen LogP contribution in [0.5, 0.6) is 11.5 Å². The molecule has 6 atom stereocenters. The van der Waals surface area contributed by atoms with Gasteiger partial charge in [-0.25, -0.2) is 9.97 Å². The topological polar surface area (TPSA) is 323 Å². The summed E-state index contributed by atoms with van der Waals surface area (Å²) in [5.41, 5.74) is 21.5. The van der Waals surface area contributed by atoms with Gasteiger partial charge in [0.1, 0.15) is 67.6 Å². The Morgan fingerprint density at radius 2 is 1.47 bits per heavy atom. The molecule has 20 heteroatoms. The van der Waals surface area contributed by atoms with Crippen LogP contribution in [0.4, 0.5) is 0 Å². The van der Waals surface area contributed by atoms with Gasteiger partial charge < -0.3 is 63.1 Å². The molecular weight excluding hydrogens is 899 g/mol. The van der Waals surface area contributed by atoms with Crippen LogP contribution in [0.15, 0.2) is 60.7 Å². The van der Waals surface area contributed by atoms with Crippen molar-refractivity contribution in [2.45, 2.75) is 96.2 Å². The van der Waals surface area contributed by atoms with E-state index >= 15 is 0 Å². The number of aliphatic hydroxyl groups is 2. The van der Waals surface area contributed by atoms with Gasteiger partial charge in [-0.05, 0) is 80.1 Å². The molecule has 0 aliphatic carbocycles. The van der Waals surface area contributed by atoms with Gasteiger partial charge in [0.15, 0.2) is 5.82 Å². The Hall–Kier alpha value is -7.02. The number of ether oxygens (including phenoxy) is 2. The molecule has 5 amide bonds. The van der Waals surface area contributed by atoms with Crippen LogP contribution in [0.1, 0.15) is 78.6 Å². The van der Waals surface area contributed by atoms with Crippen molar-refractivity contribution in [3.8, 4) is 40.1 Å². The van der Waals surface area contributed by atoms with Crippen LogP contribution in [-0.2, 0) is 31.0 Å². The minimum Gasteiger partial charge on any atom is -0.490 e. The zero-order valence-corrected chi connectivity index (χ0v) is 40.7. The Labute approximate surface area is 407 Å². The second-order valence-corrected chi connectivity index (χ2v) is 18.2. The average molecular weight is 964 g/mol. The number of nitrogens with two attached hydrogens (primary N) is 3. The standard InChI is InChI=1S/C50H65N11O9/c1-27-42(28(2)57-44(56-27)31-9-12-33(13-10-31)50(4,5)6)47(66)59-38(16-17-51)49(68)61(7)43-32-11-15-41(70-26-35(63)24-54)37(22-32)36-20-30(8-14-40(36)69-25-34(62)23-53)21-39(46(65)55-19-18-52)60-45(64)29(3)58-48(43)67/h8-15,20,22,29,34-35,38-39,43,62-63H,16-17,19,21,23-26,51,53-54H2,1-7H3,(H,55,65)(H,58,67)(H,59,66)(H,60,64). The summed E-state index contributed by atoms with van der Waals surface area (Å²) in [6.45, 7) is 10.0. The van der Waals surface area contributed by atoms with E-state index in [1.165, 1.54) is 26.1 Å². The summed E-state index contributed by atoms with van der Waals surface area (Å²) in [5, 5.41) is 40.7. The lowest BCUT2D eigenvalue weighted by Crippen LogP contribution is -2.56. The van der Waals surface area contributed by atoms with Gasteiger partial charge in [-0.1, -0.05) is 57.2 Å². The number of amides is 5. The van der Waals surface area contributed by atoms with Crippen LogP contribution in [0.3, 0.4) is 0 Å². The highest BCUT2D eigenvalue weighted by atomic mass is 16.5. The molecule has 4 aromatic rings. The van der Waals surface area contributed by atoms with E-state index in [4.69, 9.17) is 26.7 Å². The second-order valence-electron chi connectivity index (χ2n) is 18.2. The number of nitriles is 1. The molecule has 1 aromatic heterocycles. The lowest BCUT2D eigenvalue weighted by molar-refractivity contribution is -0.141. The quantitative estimate of drug-likeness (QED) is 0.0666. The third kappa shape index (κ3) is 13.4. The Balaban J connectivity index is 1.61. The number of hydrogen-bond acceptors (Lipinski definition) is 15. The van der Waals surface area contributed by atoms with Crippen LogP contribution in [-0.4, -0.2) is 131 Å². The first kappa shape index (κ1) is 53.9. The van der Waals surface area contributed by atoms with E-state index < -0.39 is 65.9 Å². The minimum absolute atomic E-state index is 0.0392. The zero-order valence-electron chi connectivity index (χ0n) is 40.7. The highest BCUT2D eigenvalue weighted by Gasteiger charge is 2.36. The SMILES string of the molecule is Cc1nc(-c2ccc(C(C)(C)C)cc2)nc(C)c1C(=O)NC(CCN)C(=O)N(C)C1C(=O)NC(C)C(=O)NC(C(=O)NCC#N)Cc2ccc(OCC(O)CN)c(c2)-c2cc1ccc2OCC(O)CN. The minimum atomic E-state index is -1.50. The largest absolute Gasteiger partial charge is 0.490 e. The van der Waals surface area contributed by atoms with Gasteiger partial charge in [0.05, 0.1) is 23.0 Å². The normalized spacial score (nSPS) is 17.3. The van der Waals surface area contributed by atoms with Crippen LogP contribution in [0.2, 0.25) is 0 Å². The van der Waals surface area contributed by atoms with Crippen molar-refractivity contribution in [3.05, 3.63) is 94.3 Å². The van der Waals surface area contributed by atoms with E-state index in [0.717, 1.165) is 16.0 Å². The number of fused-ring (bicyclic) bond motifs is 5. The number of benzene rings is 3. The van der Waals surface area contributed by atoms with E-state index in [9.17, 15) is 39.4 Å². The summed E-state index contributed by atoms with van der Waals surface area (Å²) < 4.78 is 12.2. The van der Waals surface area contributed by atoms with Crippen molar-refractivity contribution < 1.29 is 43.7 Å². The van der Waals surface area contributed by atoms with Crippen molar-refractivity contribution in [3.63, 3.8) is 0 Å². The molecule has 2 heterocycles. The number of nitrogens with zero attached hydrogens (tertiary/aromatic N) is 4. The van der Waals surface area contributed by atoms with Crippen molar-refractivity contribution in [2.24, 2.45) is 17.2 Å². The van der Waals surface area contributed by atoms with E-state index in [1.54, 1.807) is 38.1 Å². The lowest BCUT2D eigenvalue weighted by atomic mass is 9.86. The van der Waals surface area contributed by atoms with Crippen LogP contribution in [0, 0.1) is 25.2 Å². The molecule has 0 saturated heterocycles. The Kier molecular flexibility index (Phi) is 18.5. The van der Waals surface area contributed by atoms with Crippen molar-refractivity contribution in [2.75, 3.05) is 46.4 Å². The molecule has 0 radical (unpaired) electrons. The third-order valence-corrected chi connectivity index (χ3v) is 11.8. The number of aryl methyl sites for hydroxylation is 2. The number of aliphatic hydroxyl groups excluding tert-OH is 2. The number of carbonyl (C=O) groups is 5. The van der Waals surface area contributed by atoms with Gasteiger partial charge in [0.2, 0.25) is 23.6 Å². The van der Waals surface area contributed by atoms with Gasteiger partial charge in [-0.2, -0.15) is 5.26 Å². The average Bonchev–Trinajstić information content (AvgIpc) is 3.32. The Morgan fingerprint density at radius 1 is 0.886 bits per heavy atom.